The van der Waals surface area contributed by atoms with Gasteiger partial charge in [0.15, 0.2) is 0 Å². The molecule has 1 N–H and O–H groups in total. The van der Waals surface area contributed by atoms with Gasteiger partial charge in [0.2, 0.25) is 5.88 Å². The summed E-state index contributed by atoms with van der Waals surface area (Å²) in [7, 11) is 0. The van der Waals surface area contributed by atoms with Crippen LogP contribution in [0, 0.1) is 0 Å². The fourth-order valence-electron chi connectivity index (χ4n) is 2.60. The van der Waals surface area contributed by atoms with Crippen molar-refractivity contribution in [2.45, 2.75) is 39.6 Å². The van der Waals surface area contributed by atoms with E-state index < -0.39 is 0 Å². The molecule has 2 aromatic heterocycles. The summed E-state index contributed by atoms with van der Waals surface area (Å²) in [5.41, 5.74) is 3.28. The smallest absolute Gasteiger partial charge is 0.213 e. The van der Waals surface area contributed by atoms with Crippen LogP contribution in [0.1, 0.15) is 30.5 Å². The molecule has 0 amide bonds. The van der Waals surface area contributed by atoms with E-state index in [1.807, 2.05) is 68.7 Å². The zero-order valence-corrected chi connectivity index (χ0v) is 15.8. The van der Waals surface area contributed by atoms with Gasteiger partial charge in [0.1, 0.15) is 12.4 Å². The zero-order chi connectivity index (χ0) is 18.9. The zero-order valence-electron chi connectivity index (χ0n) is 15.8. The fourth-order valence-corrected chi connectivity index (χ4v) is 2.60. The van der Waals surface area contributed by atoms with Crippen molar-refractivity contribution in [2.24, 2.45) is 0 Å². The monoisotopic (exact) mass is 363 g/mol. The highest BCUT2D eigenvalue weighted by molar-refractivity contribution is 5.33. The maximum Gasteiger partial charge on any atom is 0.213 e. The highest BCUT2D eigenvalue weighted by Crippen LogP contribution is 2.19. The van der Waals surface area contributed by atoms with Crippen molar-refractivity contribution in [2.75, 3.05) is 0 Å². The molecule has 0 bridgehead atoms. The van der Waals surface area contributed by atoms with Gasteiger partial charge in [-0.25, -0.2) is 4.98 Å². The fraction of sp³-hybridized carbons (Fsp3) is 0.273. The lowest BCUT2D eigenvalue weighted by Crippen LogP contribution is -2.14. The summed E-state index contributed by atoms with van der Waals surface area (Å²) in [6.07, 6.45) is 5.55. The van der Waals surface area contributed by atoms with Gasteiger partial charge in [-0.15, -0.1) is 0 Å². The molecule has 0 saturated carbocycles. The number of rotatable bonds is 9. The lowest BCUT2D eigenvalue weighted by atomic mass is 10.2. The van der Waals surface area contributed by atoms with E-state index >= 15 is 0 Å². The first-order chi connectivity index (χ1) is 13.2. The van der Waals surface area contributed by atoms with Crippen LogP contribution in [-0.4, -0.2) is 16.1 Å². The molecule has 0 unspecified atom stereocenters. The Labute approximate surface area is 160 Å². The Kier molecular flexibility index (Phi) is 6.77. The second-order valence-corrected chi connectivity index (χ2v) is 6.53. The van der Waals surface area contributed by atoms with Crippen molar-refractivity contribution >= 4 is 0 Å². The molecule has 0 aliphatic heterocycles. The number of ether oxygens (including phenoxy) is 2. The maximum absolute atomic E-state index is 5.97. The predicted octanol–water partition coefficient (Wildman–Crippen LogP) is 4.13. The summed E-state index contributed by atoms with van der Waals surface area (Å²) in [4.78, 5) is 8.45. The minimum atomic E-state index is 0.129. The molecule has 0 spiro atoms. The summed E-state index contributed by atoms with van der Waals surface area (Å²) in [6.45, 7) is 5.93. The Morgan fingerprint density at radius 1 is 0.926 bits per heavy atom. The van der Waals surface area contributed by atoms with Crippen LogP contribution in [0.5, 0.6) is 11.6 Å². The van der Waals surface area contributed by atoms with Gasteiger partial charge in [-0.1, -0.05) is 30.3 Å². The Hall–Kier alpha value is -2.92. The third kappa shape index (κ3) is 6.08. The van der Waals surface area contributed by atoms with Crippen molar-refractivity contribution < 1.29 is 9.47 Å². The van der Waals surface area contributed by atoms with Crippen LogP contribution in [-0.2, 0) is 19.7 Å². The number of aromatic nitrogens is 2. The van der Waals surface area contributed by atoms with Gasteiger partial charge in [-0.2, -0.15) is 0 Å². The average molecular weight is 363 g/mol. The molecule has 0 atom stereocenters. The number of nitrogens with zero attached hydrogens (tertiary/aromatic N) is 2. The summed E-state index contributed by atoms with van der Waals surface area (Å²) < 4.78 is 11.5. The first-order valence-electron chi connectivity index (χ1n) is 9.12. The topological polar surface area (TPSA) is 56.3 Å². The quantitative estimate of drug-likeness (QED) is 0.619. The molecular weight excluding hydrogens is 338 g/mol. The molecule has 0 saturated heterocycles. The molecule has 2 heterocycles. The van der Waals surface area contributed by atoms with E-state index in [1.54, 1.807) is 6.20 Å². The highest BCUT2D eigenvalue weighted by Gasteiger charge is 2.04. The molecule has 0 radical (unpaired) electrons. The summed E-state index contributed by atoms with van der Waals surface area (Å²) >= 11 is 0. The van der Waals surface area contributed by atoms with Crippen LogP contribution in [0.25, 0.3) is 0 Å². The van der Waals surface area contributed by atoms with Gasteiger partial charge in [0, 0.05) is 48.9 Å². The highest BCUT2D eigenvalue weighted by atomic mass is 16.5. The molecule has 3 aromatic rings. The molecule has 0 aliphatic carbocycles. The largest absolute Gasteiger partial charge is 0.489 e. The second kappa shape index (κ2) is 9.69. The Morgan fingerprint density at radius 3 is 2.56 bits per heavy atom. The van der Waals surface area contributed by atoms with Gasteiger partial charge in [0.05, 0.1) is 6.10 Å². The lowest BCUT2D eigenvalue weighted by molar-refractivity contribution is 0.232. The average Bonchev–Trinajstić information content (AvgIpc) is 2.69. The molecule has 140 valence electrons. The Balaban J connectivity index is 1.52. The molecule has 0 aliphatic rings. The van der Waals surface area contributed by atoms with Crippen LogP contribution < -0.4 is 14.8 Å². The van der Waals surface area contributed by atoms with Gasteiger partial charge >= 0.3 is 0 Å². The van der Waals surface area contributed by atoms with Gasteiger partial charge in [-0.3, -0.25) is 4.98 Å². The summed E-state index contributed by atoms with van der Waals surface area (Å²) in [5.74, 6) is 1.54. The molecular formula is C22H25N3O2. The normalized spacial score (nSPS) is 10.8. The van der Waals surface area contributed by atoms with E-state index in [0.29, 0.717) is 19.0 Å². The number of hydrogen-bond acceptors (Lipinski definition) is 5. The number of nitrogens with one attached hydrogen (secondary N) is 1. The van der Waals surface area contributed by atoms with E-state index in [4.69, 9.17) is 9.47 Å². The number of para-hydroxylation sites is 1. The first kappa shape index (κ1) is 18.9. The van der Waals surface area contributed by atoms with Crippen molar-refractivity contribution in [3.8, 4) is 11.6 Å². The molecule has 5 nitrogen and oxygen atoms in total. The van der Waals surface area contributed by atoms with Gasteiger partial charge < -0.3 is 14.8 Å². The van der Waals surface area contributed by atoms with Crippen LogP contribution >= 0.6 is 0 Å². The number of pyridine rings is 2. The molecule has 0 fully saturated rings. The first-order valence-corrected chi connectivity index (χ1v) is 9.12. The van der Waals surface area contributed by atoms with Crippen molar-refractivity contribution in [3.05, 3.63) is 83.8 Å². The minimum Gasteiger partial charge on any atom is -0.489 e. The van der Waals surface area contributed by atoms with E-state index in [0.717, 1.165) is 29.0 Å². The van der Waals surface area contributed by atoms with Gasteiger partial charge in [-0.05, 0) is 31.5 Å². The maximum atomic E-state index is 5.97. The lowest BCUT2D eigenvalue weighted by Gasteiger charge is -2.12. The SMILES string of the molecule is CC(C)Oc1ccc(CNCc2ccccc2OCc2cccnc2)cn1. The molecule has 3 rings (SSSR count). The van der Waals surface area contributed by atoms with Crippen LogP contribution in [0.3, 0.4) is 0 Å². The van der Waals surface area contributed by atoms with Crippen molar-refractivity contribution in [1.29, 1.82) is 0 Å². The Morgan fingerprint density at radius 2 is 1.81 bits per heavy atom. The Bertz CT molecular complexity index is 820. The van der Waals surface area contributed by atoms with E-state index in [-0.39, 0.29) is 6.10 Å². The van der Waals surface area contributed by atoms with E-state index in [1.165, 1.54) is 0 Å². The third-order valence-electron chi connectivity index (χ3n) is 3.89. The minimum absolute atomic E-state index is 0.129. The predicted molar refractivity (Wildman–Crippen MR) is 106 cm³/mol. The van der Waals surface area contributed by atoms with Gasteiger partial charge in [0.25, 0.3) is 0 Å². The van der Waals surface area contributed by atoms with Crippen molar-refractivity contribution in [1.82, 2.24) is 15.3 Å². The second-order valence-electron chi connectivity index (χ2n) is 6.53. The summed E-state index contributed by atoms with van der Waals surface area (Å²) in [6, 6.07) is 15.9. The molecule has 5 heteroatoms. The standard InChI is InChI=1S/C22H25N3O2/c1-17(2)27-22-10-9-18(14-25-22)12-24-15-20-7-3-4-8-21(20)26-16-19-6-5-11-23-13-19/h3-11,13-14,17,24H,12,15-16H2,1-2H3. The molecule has 27 heavy (non-hydrogen) atoms. The summed E-state index contributed by atoms with van der Waals surface area (Å²) in [5, 5.41) is 3.44. The number of benzene rings is 1. The molecule has 1 aromatic carbocycles. The van der Waals surface area contributed by atoms with Crippen LogP contribution in [0.2, 0.25) is 0 Å². The van der Waals surface area contributed by atoms with E-state index in [9.17, 15) is 0 Å². The van der Waals surface area contributed by atoms with Crippen molar-refractivity contribution in [3.63, 3.8) is 0 Å². The van der Waals surface area contributed by atoms with Crippen LogP contribution in [0.4, 0.5) is 0 Å². The van der Waals surface area contributed by atoms with Crippen LogP contribution in [0.15, 0.2) is 67.1 Å². The van der Waals surface area contributed by atoms with E-state index in [2.05, 4.69) is 21.4 Å². The third-order valence-corrected chi connectivity index (χ3v) is 3.89. The number of hydrogen-bond donors (Lipinski definition) is 1.